The third-order valence-corrected chi connectivity index (χ3v) is 6.65. The number of halogens is 3. The molecule has 0 atom stereocenters. The maximum Gasteiger partial charge on any atom is 0.391 e. The Morgan fingerprint density at radius 3 is 2.20 bits per heavy atom. The van der Waals surface area contributed by atoms with Crippen LogP contribution in [0.4, 0.5) is 24.5 Å². The fourth-order valence-corrected chi connectivity index (χ4v) is 4.74. The second-order valence-corrected chi connectivity index (χ2v) is 8.64. The van der Waals surface area contributed by atoms with Crippen LogP contribution in [0.15, 0.2) is 36.4 Å². The van der Waals surface area contributed by atoms with E-state index < -0.39 is 12.1 Å². The Morgan fingerprint density at radius 2 is 1.57 bits per heavy atom. The number of nitrogens with two attached hydrogens (primary N) is 1. The Balaban J connectivity index is 1.39. The smallest absolute Gasteiger partial charge is 0.382 e. The Kier molecular flexibility index (Phi) is 5.80. The van der Waals surface area contributed by atoms with Crippen molar-refractivity contribution < 1.29 is 18.0 Å². The van der Waals surface area contributed by atoms with E-state index in [1.807, 2.05) is 23.1 Å². The van der Waals surface area contributed by atoms with Crippen LogP contribution in [0.2, 0.25) is 0 Å². The molecule has 1 saturated carbocycles. The Morgan fingerprint density at radius 1 is 0.933 bits per heavy atom. The average molecular weight is 419 g/mol. The molecule has 2 aromatic rings. The first-order chi connectivity index (χ1) is 14.3. The lowest BCUT2D eigenvalue weighted by Crippen LogP contribution is -2.38. The van der Waals surface area contributed by atoms with E-state index in [4.69, 9.17) is 5.73 Å². The van der Waals surface area contributed by atoms with Crippen molar-refractivity contribution in [1.29, 1.82) is 0 Å². The van der Waals surface area contributed by atoms with Gasteiger partial charge in [0.2, 0.25) is 5.91 Å². The summed E-state index contributed by atoms with van der Waals surface area (Å²) in [4.78, 5) is 13.4. The molecule has 2 fully saturated rings. The summed E-state index contributed by atoms with van der Waals surface area (Å²) < 4.78 is 38.7. The predicted molar refractivity (Wildman–Crippen MR) is 114 cm³/mol. The van der Waals surface area contributed by atoms with Crippen molar-refractivity contribution in [2.45, 2.75) is 50.7 Å². The van der Waals surface area contributed by atoms with Crippen molar-refractivity contribution in [3.63, 3.8) is 0 Å². The first-order valence-electron chi connectivity index (χ1n) is 10.7. The first-order valence-corrected chi connectivity index (χ1v) is 10.7. The molecule has 1 heterocycles. The van der Waals surface area contributed by atoms with Gasteiger partial charge in [0.1, 0.15) is 0 Å². The summed E-state index contributed by atoms with van der Waals surface area (Å²) in [6.45, 7) is 0.868. The molecule has 30 heavy (non-hydrogen) atoms. The van der Waals surface area contributed by atoms with Crippen LogP contribution in [0.5, 0.6) is 0 Å². The van der Waals surface area contributed by atoms with Crippen LogP contribution >= 0.6 is 0 Å². The highest BCUT2D eigenvalue weighted by molar-refractivity contribution is 5.88. The minimum absolute atomic E-state index is 0.000673. The minimum Gasteiger partial charge on any atom is -0.382 e. The molecule has 0 radical (unpaired) electrons. The molecule has 0 spiro atoms. The van der Waals surface area contributed by atoms with Gasteiger partial charge in [-0.2, -0.15) is 13.2 Å². The van der Waals surface area contributed by atoms with E-state index in [1.54, 1.807) is 0 Å². The number of alkyl halides is 3. The van der Waals surface area contributed by atoms with Gasteiger partial charge in [-0.05, 0) is 73.6 Å². The summed E-state index contributed by atoms with van der Waals surface area (Å²) in [5.41, 5.74) is 7.43. The third kappa shape index (κ3) is 4.65. The normalized spacial score (nSPS) is 23.5. The number of piperidine rings is 1. The van der Waals surface area contributed by atoms with Gasteiger partial charge in [-0.3, -0.25) is 4.79 Å². The number of carbonyl (C=O) groups is 1. The number of nitrogens with zero attached hydrogens (tertiary/aromatic N) is 1. The molecule has 3 N–H and O–H groups in total. The topological polar surface area (TPSA) is 58.4 Å². The SMILES string of the molecule is NC(=O)C1CCC(Nc2ccc3cc(N4CCC(C(F)(F)F)CC4)ccc3c2)CC1. The number of hydrogen-bond acceptors (Lipinski definition) is 3. The van der Waals surface area contributed by atoms with Crippen molar-refractivity contribution in [3.05, 3.63) is 36.4 Å². The molecule has 0 bridgehead atoms. The van der Waals surface area contributed by atoms with Gasteiger partial charge in [-0.1, -0.05) is 12.1 Å². The molecule has 1 amide bonds. The molecule has 4 rings (SSSR count). The fraction of sp³-hybridized carbons (Fsp3) is 0.522. The van der Waals surface area contributed by atoms with E-state index in [-0.39, 0.29) is 24.7 Å². The fourth-order valence-electron chi connectivity index (χ4n) is 4.74. The number of carbonyl (C=O) groups excluding carboxylic acids is 1. The van der Waals surface area contributed by atoms with Gasteiger partial charge < -0.3 is 16.0 Å². The Labute approximate surface area is 174 Å². The monoisotopic (exact) mass is 419 g/mol. The summed E-state index contributed by atoms with van der Waals surface area (Å²) in [6, 6.07) is 12.6. The quantitative estimate of drug-likeness (QED) is 0.727. The largest absolute Gasteiger partial charge is 0.391 e. The predicted octanol–water partition coefficient (Wildman–Crippen LogP) is 5.07. The molecule has 0 aromatic heterocycles. The summed E-state index contributed by atoms with van der Waals surface area (Å²) in [7, 11) is 0. The van der Waals surface area contributed by atoms with E-state index >= 15 is 0 Å². The van der Waals surface area contributed by atoms with Crippen LogP contribution in [0.1, 0.15) is 38.5 Å². The third-order valence-electron chi connectivity index (χ3n) is 6.65. The molecule has 2 aliphatic rings. The molecule has 4 nitrogen and oxygen atoms in total. The highest BCUT2D eigenvalue weighted by atomic mass is 19.4. The molecular formula is C23H28F3N3O. The van der Waals surface area contributed by atoms with E-state index in [0.717, 1.165) is 47.8 Å². The Hall–Kier alpha value is -2.44. The van der Waals surface area contributed by atoms with Gasteiger partial charge in [-0.15, -0.1) is 0 Å². The van der Waals surface area contributed by atoms with Gasteiger partial charge in [0.15, 0.2) is 0 Å². The van der Waals surface area contributed by atoms with E-state index in [1.165, 1.54) is 0 Å². The maximum absolute atomic E-state index is 12.9. The zero-order valence-electron chi connectivity index (χ0n) is 16.9. The Bertz CT molecular complexity index is 898. The number of nitrogens with one attached hydrogen (secondary N) is 1. The van der Waals surface area contributed by atoms with E-state index in [0.29, 0.717) is 19.1 Å². The lowest BCUT2D eigenvalue weighted by atomic mass is 9.85. The number of primary amides is 1. The van der Waals surface area contributed by atoms with Crippen LogP contribution in [-0.2, 0) is 4.79 Å². The van der Waals surface area contributed by atoms with Crippen molar-refractivity contribution in [2.24, 2.45) is 17.6 Å². The van der Waals surface area contributed by atoms with Crippen LogP contribution in [0.3, 0.4) is 0 Å². The maximum atomic E-state index is 12.9. The number of rotatable bonds is 4. The summed E-state index contributed by atoms with van der Waals surface area (Å²) in [5, 5.41) is 5.73. The average Bonchev–Trinajstić information content (AvgIpc) is 2.73. The molecular weight excluding hydrogens is 391 g/mol. The van der Waals surface area contributed by atoms with Crippen molar-refractivity contribution in [3.8, 4) is 0 Å². The second-order valence-electron chi connectivity index (χ2n) is 8.64. The summed E-state index contributed by atoms with van der Waals surface area (Å²) in [5.74, 6) is -1.38. The standard InChI is InChI=1S/C23H28F3N3O/c24-23(25,26)18-9-11-29(12-10-18)21-8-4-16-13-20(7-3-17(16)14-21)28-19-5-1-15(2-6-19)22(27)30/h3-4,7-8,13-15,18-19,28H,1-2,5-6,9-12H2,(H2,27,30). The number of hydrogen-bond donors (Lipinski definition) is 2. The number of anilines is 2. The number of fused-ring (bicyclic) bond motifs is 1. The number of amides is 1. The van der Waals surface area contributed by atoms with Crippen LogP contribution < -0.4 is 16.0 Å². The molecule has 1 aliphatic heterocycles. The van der Waals surface area contributed by atoms with E-state index in [2.05, 4.69) is 23.5 Å². The second kappa shape index (κ2) is 8.36. The van der Waals surface area contributed by atoms with Crippen molar-refractivity contribution in [2.75, 3.05) is 23.3 Å². The lowest BCUT2D eigenvalue weighted by Gasteiger charge is -2.34. The van der Waals surface area contributed by atoms with Gasteiger partial charge in [0.05, 0.1) is 5.92 Å². The van der Waals surface area contributed by atoms with Crippen LogP contribution in [0.25, 0.3) is 10.8 Å². The van der Waals surface area contributed by atoms with Gasteiger partial charge in [-0.25, -0.2) is 0 Å². The summed E-state index contributed by atoms with van der Waals surface area (Å²) >= 11 is 0. The number of benzene rings is 2. The highest BCUT2D eigenvalue weighted by Crippen LogP contribution is 2.36. The lowest BCUT2D eigenvalue weighted by molar-refractivity contribution is -0.179. The van der Waals surface area contributed by atoms with Gasteiger partial charge in [0, 0.05) is 36.4 Å². The zero-order chi connectivity index (χ0) is 21.3. The molecule has 2 aromatic carbocycles. The minimum atomic E-state index is -4.09. The first kappa shape index (κ1) is 20.8. The molecule has 0 unspecified atom stereocenters. The molecule has 162 valence electrons. The molecule has 1 aliphatic carbocycles. The molecule has 1 saturated heterocycles. The van der Waals surface area contributed by atoms with Gasteiger partial charge >= 0.3 is 6.18 Å². The zero-order valence-corrected chi connectivity index (χ0v) is 16.9. The van der Waals surface area contributed by atoms with Crippen molar-refractivity contribution >= 4 is 28.1 Å². The highest BCUT2D eigenvalue weighted by Gasteiger charge is 2.41. The van der Waals surface area contributed by atoms with Crippen LogP contribution in [-0.4, -0.2) is 31.2 Å². The molecule has 7 heteroatoms. The van der Waals surface area contributed by atoms with E-state index in [9.17, 15) is 18.0 Å². The van der Waals surface area contributed by atoms with Crippen molar-refractivity contribution in [1.82, 2.24) is 0 Å². The van der Waals surface area contributed by atoms with Gasteiger partial charge in [0.25, 0.3) is 0 Å². The summed E-state index contributed by atoms with van der Waals surface area (Å²) in [6.07, 6.45) is -0.260. The van der Waals surface area contributed by atoms with Crippen LogP contribution in [0, 0.1) is 11.8 Å².